The van der Waals surface area contributed by atoms with Crippen LogP contribution in [-0.2, 0) is 18.8 Å². The van der Waals surface area contributed by atoms with Gasteiger partial charge in [-0.2, -0.15) is 8.42 Å². The molecule has 21 heavy (non-hydrogen) atoms. The third-order valence-electron chi connectivity index (χ3n) is 2.74. The van der Waals surface area contributed by atoms with E-state index in [1.807, 2.05) is 0 Å². The first-order chi connectivity index (χ1) is 9.58. The molecule has 2 atom stereocenters. The van der Waals surface area contributed by atoms with E-state index in [0.717, 1.165) is 0 Å². The van der Waals surface area contributed by atoms with Gasteiger partial charge >= 0.3 is 10.4 Å². The monoisotopic (exact) mass is 375 g/mol. The molecule has 1 aliphatic rings. The third kappa shape index (κ3) is 4.18. The molecule has 1 fully saturated rings. The molecule has 116 valence electrons. The number of benzene rings is 1. The molecular weight excluding hydrogens is 369 g/mol. The highest BCUT2D eigenvalue weighted by molar-refractivity contribution is 7.81. The van der Waals surface area contributed by atoms with Gasteiger partial charge in [-0.15, -0.1) is 0 Å². The summed E-state index contributed by atoms with van der Waals surface area (Å²) in [5, 5.41) is 10.6. The Morgan fingerprint density at radius 1 is 1.19 bits per heavy atom. The van der Waals surface area contributed by atoms with Gasteiger partial charge in [0.15, 0.2) is 0 Å². The van der Waals surface area contributed by atoms with Gasteiger partial charge in [0.1, 0.15) is 12.2 Å². The summed E-state index contributed by atoms with van der Waals surface area (Å²) < 4.78 is 30.5. The van der Waals surface area contributed by atoms with Crippen molar-refractivity contribution in [3.05, 3.63) is 39.9 Å². The second-order valence-electron chi connectivity index (χ2n) is 4.20. The van der Waals surface area contributed by atoms with Crippen LogP contribution >= 0.6 is 34.8 Å². The molecule has 0 spiro atoms. The molecule has 1 aromatic rings. The lowest BCUT2D eigenvalue weighted by molar-refractivity contribution is -0.384. The van der Waals surface area contributed by atoms with Gasteiger partial charge in [-0.3, -0.25) is 10.1 Å². The van der Waals surface area contributed by atoms with Crippen LogP contribution in [0.4, 0.5) is 5.69 Å². The number of hydrogen-bond acceptors (Lipinski definition) is 6. The molecule has 0 saturated carbocycles. The molecule has 0 radical (unpaired) electrons. The van der Waals surface area contributed by atoms with Crippen LogP contribution in [-0.4, -0.2) is 23.2 Å². The van der Waals surface area contributed by atoms with E-state index in [9.17, 15) is 18.5 Å². The van der Waals surface area contributed by atoms with Crippen LogP contribution < -0.4 is 0 Å². The first-order valence-corrected chi connectivity index (χ1v) is 7.98. The number of alkyl halides is 3. The maximum absolute atomic E-state index is 11.5. The molecule has 1 heterocycles. The van der Waals surface area contributed by atoms with Crippen molar-refractivity contribution in [2.45, 2.75) is 22.4 Å². The average molecular weight is 377 g/mol. The summed E-state index contributed by atoms with van der Waals surface area (Å²) in [4.78, 5) is 10.0. The van der Waals surface area contributed by atoms with Gasteiger partial charge in [0.05, 0.1) is 4.92 Å². The summed E-state index contributed by atoms with van der Waals surface area (Å²) in [6.45, 7) is 0. The van der Waals surface area contributed by atoms with Gasteiger partial charge in [0.2, 0.25) is 3.79 Å². The molecule has 1 saturated heterocycles. The van der Waals surface area contributed by atoms with Gasteiger partial charge in [-0.25, -0.2) is 8.37 Å². The van der Waals surface area contributed by atoms with Crippen LogP contribution in [0.5, 0.6) is 0 Å². The number of rotatable bonds is 2. The first kappa shape index (κ1) is 16.7. The Bertz CT molecular complexity index is 642. The zero-order chi connectivity index (χ0) is 15.8. The number of nitrogens with zero attached hydrogens (tertiary/aromatic N) is 1. The van der Waals surface area contributed by atoms with Crippen LogP contribution in [0.25, 0.3) is 0 Å². The van der Waals surface area contributed by atoms with E-state index < -0.39 is 31.3 Å². The smallest absolute Gasteiger partial charge is 0.258 e. The van der Waals surface area contributed by atoms with E-state index in [2.05, 4.69) is 4.18 Å². The number of nitro benzene ring substituents is 1. The summed E-state index contributed by atoms with van der Waals surface area (Å²) in [6.07, 6.45) is -2.21. The number of hydrogen-bond donors (Lipinski definition) is 0. The second kappa shape index (κ2) is 5.86. The van der Waals surface area contributed by atoms with E-state index in [1.54, 1.807) is 0 Å². The standard InChI is InChI=1S/C10H8Cl3NO6S/c11-10(12,13)9-5-8(19-21(17,18)20-9)6-1-3-7(4-2-6)14(15)16/h1-4,8-9H,5H2/t8-,9-/m0/s1. The van der Waals surface area contributed by atoms with Crippen LogP contribution in [0, 0.1) is 10.1 Å². The summed E-state index contributed by atoms with van der Waals surface area (Å²) in [6, 6.07) is 5.20. The fourth-order valence-electron chi connectivity index (χ4n) is 1.77. The normalized spacial score (nSPS) is 25.5. The molecule has 0 unspecified atom stereocenters. The lowest BCUT2D eigenvalue weighted by Crippen LogP contribution is -2.38. The Morgan fingerprint density at radius 2 is 1.76 bits per heavy atom. The van der Waals surface area contributed by atoms with Crippen molar-refractivity contribution in [2.75, 3.05) is 0 Å². The minimum atomic E-state index is -4.33. The summed E-state index contributed by atoms with van der Waals surface area (Å²) in [5.41, 5.74) is 0.262. The summed E-state index contributed by atoms with van der Waals surface area (Å²) in [7, 11) is -4.33. The highest BCUT2D eigenvalue weighted by Gasteiger charge is 2.44. The zero-order valence-electron chi connectivity index (χ0n) is 10.1. The fraction of sp³-hybridized carbons (Fsp3) is 0.400. The quantitative estimate of drug-likeness (QED) is 0.447. The summed E-state index contributed by atoms with van der Waals surface area (Å²) >= 11 is 17.0. The Kier molecular flexibility index (Phi) is 4.67. The number of nitro groups is 1. The molecule has 0 N–H and O–H groups in total. The highest BCUT2D eigenvalue weighted by Crippen LogP contribution is 2.42. The SMILES string of the molecule is O=[N+]([O-])c1ccc([C@@H]2C[C@@H](C(Cl)(Cl)Cl)OS(=O)(=O)O2)cc1. The van der Waals surface area contributed by atoms with E-state index in [-0.39, 0.29) is 12.1 Å². The predicted molar refractivity (Wildman–Crippen MR) is 75.6 cm³/mol. The van der Waals surface area contributed by atoms with Crippen molar-refractivity contribution in [2.24, 2.45) is 0 Å². The zero-order valence-corrected chi connectivity index (χ0v) is 13.2. The average Bonchev–Trinajstić information content (AvgIpc) is 2.36. The van der Waals surface area contributed by atoms with Crippen LogP contribution in [0.2, 0.25) is 0 Å². The molecule has 0 amide bonds. The Balaban J connectivity index is 2.28. The largest absolute Gasteiger partial charge is 0.400 e. The third-order valence-corrected chi connectivity index (χ3v) is 4.40. The van der Waals surface area contributed by atoms with Gasteiger partial charge < -0.3 is 0 Å². The maximum Gasteiger partial charge on any atom is 0.400 e. The van der Waals surface area contributed by atoms with E-state index >= 15 is 0 Å². The van der Waals surface area contributed by atoms with Gasteiger partial charge in [-0.1, -0.05) is 34.8 Å². The van der Waals surface area contributed by atoms with Crippen LogP contribution in [0.3, 0.4) is 0 Å². The molecular formula is C10H8Cl3NO6S. The molecule has 0 aliphatic carbocycles. The van der Waals surface area contributed by atoms with E-state index in [1.165, 1.54) is 24.3 Å². The fourth-order valence-corrected chi connectivity index (χ4v) is 3.36. The number of halogens is 3. The van der Waals surface area contributed by atoms with Crippen molar-refractivity contribution in [3.8, 4) is 0 Å². The van der Waals surface area contributed by atoms with Gasteiger partial charge in [0.25, 0.3) is 5.69 Å². The van der Waals surface area contributed by atoms with Gasteiger partial charge in [-0.05, 0) is 17.7 Å². The lowest BCUT2D eigenvalue weighted by Gasteiger charge is -2.32. The maximum atomic E-state index is 11.5. The van der Waals surface area contributed by atoms with Crippen molar-refractivity contribution in [3.63, 3.8) is 0 Å². The first-order valence-electron chi connectivity index (χ1n) is 5.51. The molecule has 1 aliphatic heterocycles. The van der Waals surface area contributed by atoms with Crippen molar-refractivity contribution < 1.29 is 21.7 Å². The molecule has 11 heteroatoms. The predicted octanol–water partition coefficient (Wildman–Crippen LogP) is 3.06. The molecule has 0 bridgehead atoms. The lowest BCUT2D eigenvalue weighted by atomic mass is 10.0. The summed E-state index contributed by atoms with van der Waals surface area (Å²) in [5.74, 6) is 0. The van der Waals surface area contributed by atoms with E-state index in [4.69, 9.17) is 39.0 Å². The minimum absolute atomic E-state index is 0.0342. The van der Waals surface area contributed by atoms with Crippen molar-refractivity contribution in [1.29, 1.82) is 0 Å². The Hall–Kier alpha value is -0.640. The van der Waals surface area contributed by atoms with Crippen LogP contribution in [0.15, 0.2) is 24.3 Å². The highest BCUT2D eigenvalue weighted by atomic mass is 35.6. The Labute approximate surface area is 135 Å². The number of non-ortho nitro benzene ring substituents is 1. The molecule has 0 aromatic heterocycles. The molecule has 7 nitrogen and oxygen atoms in total. The second-order valence-corrected chi connectivity index (χ2v) is 7.77. The minimum Gasteiger partial charge on any atom is -0.258 e. The molecule has 2 rings (SSSR count). The topological polar surface area (TPSA) is 95.7 Å². The molecule has 1 aromatic carbocycles. The van der Waals surface area contributed by atoms with Crippen LogP contribution in [0.1, 0.15) is 18.1 Å². The van der Waals surface area contributed by atoms with E-state index in [0.29, 0.717) is 5.56 Å². The van der Waals surface area contributed by atoms with Crippen molar-refractivity contribution >= 4 is 50.9 Å². The van der Waals surface area contributed by atoms with Crippen molar-refractivity contribution in [1.82, 2.24) is 0 Å². The van der Waals surface area contributed by atoms with Gasteiger partial charge in [0, 0.05) is 18.6 Å². The Morgan fingerprint density at radius 3 is 2.24 bits per heavy atom.